The smallest absolute Gasteiger partial charge is 0.249 e. The normalized spacial score (nSPS) is 19.2. The van der Waals surface area contributed by atoms with Crippen LogP contribution in [0.3, 0.4) is 0 Å². The Labute approximate surface area is 153 Å². The molecule has 1 aliphatic heterocycles. The number of aryl methyl sites for hydroxylation is 1. The molecular formula is C21H23N3O2. The molecule has 26 heavy (non-hydrogen) atoms. The van der Waals surface area contributed by atoms with E-state index in [9.17, 15) is 4.79 Å². The highest BCUT2D eigenvalue weighted by Crippen LogP contribution is 2.29. The van der Waals surface area contributed by atoms with E-state index in [1.165, 1.54) is 16.7 Å². The molecule has 5 nitrogen and oxygen atoms in total. The van der Waals surface area contributed by atoms with Gasteiger partial charge in [0.25, 0.3) is 0 Å². The van der Waals surface area contributed by atoms with Gasteiger partial charge in [-0.25, -0.2) is 0 Å². The molecule has 0 bridgehead atoms. The topological polar surface area (TPSA) is 60.0 Å². The zero-order chi connectivity index (χ0) is 18.1. The van der Waals surface area contributed by atoms with Crippen LogP contribution < -0.4 is 5.73 Å². The number of carbonyl (C=O) groups is 1. The molecule has 0 saturated carbocycles. The van der Waals surface area contributed by atoms with Crippen molar-refractivity contribution in [3.8, 4) is 0 Å². The summed E-state index contributed by atoms with van der Waals surface area (Å²) in [6.07, 6.45) is 13.7. The fourth-order valence-electron chi connectivity index (χ4n) is 3.56. The first-order valence-corrected chi connectivity index (χ1v) is 8.92. The Hall–Kier alpha value is -2.79. The number of primary amides is 1. The van der Waals surface area contributed by atoms with Crippen LogP contribution in [0.15, 0.2) is 54.5 Å². The highest BCUT2D eigenvalue weighted by atomic mass is 16.5. The lowest BCUT2D eigenvalue weighted by Crippen LogP contribution is -2.32. The van der Waals surface area contributed by atoms with E-state index in [1.807, 2.05) is 19.2 Å². The Morgan fingerprint density at radius 2 is 2.04 bits per heavy atom. The maximum atomic E-state index is 11.6. The van der Waals surface area contributed by atoms with Crippen LogP contribution in [0.1, 0.15) is 27.9 Å². The lowest BCUT2D eigenvalue weighted by atomic mass is 9.96. The molecule has 0 atom stereocenters. The van der Waals surface area contributed by atoms with E-state index >= 15 is 0 Å². The standard InChI is InChI=1S/C21H23N3O2/c1-15-12-24-14-18(10-19(24)11-20(15)21(22)25)17-4-2-3-16(9-17)13-23-5-7-26-8-6-23/h2-4,10-14H,5-9H2,1H3,(H2,22,25). The van der Waals surface area contributed by atoms with Crippen molar-refractivity contribution in [1.29, 1.82) is 0 Å². The number of amides is 1. The van der Waals surface area contributed by atoms with E-state index in [2.05, 4.69) is 46.0 Å². The summed E-state index contributed by atoms with van der Waals surface area (Å²) in [6.45, 7) is 5.39. The fraction of sp³-hybridized carbons (Fsp3) is 0.286. The van der Waals surface area contributed by atoms with Crippen LogP contribution in [0.4, 0.5) is 0 Å². The van der Waals surface area contributed by atoms with Crippen molar-refractivity contribution in [3.05, 3.63) is 71.2 Å². The molecule has 1 saturated heterocycles. The second-order valence-electron chi connectivity index (χ2n) is 6.88. The summed E-state index contributed by atoms with van der Waals surface area (Å²) >= 11 is 0. The molecule has 2 aliphatic rings. The molecule has 2 aromatic rings. The predicted molar refractivity (Wildman–Crippen MR) is 103 cm³/mol. The zero-order valence-electron chi connectivity index (χ0n) is 14.9. The van der Waals surface area contributed by atoms with Gasteiger partial charge in [0.2, 0.25) is 5.91 Å². The maximum Gasteiger partial charge on any atom is 0.249 e. The Bertz CT molecular complexity index is 944. The number of allylic oxidation sites excluding steroid dienone is 5. The van der Waals surface area contributed by atoms with Crippen molar-refractivity contribution in [2.75, 3.05) is 26.3 Å². The molecule has 0 radical (unpaired) electrons. The number of morpholine rings is 1. The third kappa shape index (κ3) is 3.30. The van der Waals surface area contributed by atoms with E-state index in [0.717, 1.165) is 43.8 Å². The molecule has 1 aliphatic carbocycles. The third-order valence-electron chi connectivity index (χ3n) is 4.96. The number of pyridine rings is 1. The average Bonchev–Trinajstić information content (AvgIpc) is 3.05. The van der Waals surface area contributed by atoms with Crippen LogP contribution in [0, 0.1) is 6.92 Å². The first-order valence-electron chi connectivity index (χ1n) is 8.92. The number of fused-ring (bicyclic) bond motifs is 1. The van der Waals surface area contributed by atoms with Crippen LogP contribution in [0.5, 0.6) is 0 Å². The van der Waals surface area contributed by atoms with Gasteiger partial charge in [-0.3, -0.25) is 4.79 Å². The van der Waals surface area contributed by atoms with E-state index in [1.54, 1.807) is 0 Å². The van der Waals surface area contributed by atoms with Gasteiger partial charge in [0.1, 0.15) is 0 Å². The Morgan fingerprint density at radius 1 is 1.23 bits per heavy atom. The van der Waals surface area contributed by atoms with Gasteiger partial charge in [-0.1, -0.05) is 18.2 Å². The zero-order valence-corrected chi connectivity index (χ0v) is 14.9. The van der Waals surface area contributed by atoms with E-state index in [0.29, 0.717) is 5.56 Å². The maximum absolute atomic E-state index is 11.6. The lowest BCUT2D eigenvalue weighted by molar-refractivity contribution is 0.0591. The number of rotatable bonds is 3. The van der Waals surface area contributed by atoms with Crippen molar-refractivity contribution in [2.24, 2.45) is 5.73 Å². The number of aromatic nitrogens is 1. The van der Waals surface area contributed by atoms with Crippen LogP contribution in [-0.4, -0.2) is 41.5 Å². The van der Waals surface area contributed by atoms with Crippen LogP contribution >= 0.6 is 0 Å². The molecular weight excluding hydrogens is 326 g/mol. The molecule has 2 N–H and O–H groups in total. The minimum Gasteiger partial charge on any atom is -0.378 e. The summed E-state index contributed by atoms with van der Waals surface area (Å²) in [5.41, 5.74) is 11.7. The molecule has 1 fully saturated rings. The molecule has 1 amide bonds. The van der Waals surface area contributed by atoms with Gasteiger partial charge in [-0.2, -0.15) is 0 Å². The Balaban J connectivity index is 1.61. The van der Waals surface area contributed by atoms with Gasteiger partial charge >= 0.3 is 0 Å². The molecule has 0 aromatic carbocycles. The Kier molecular flexibility index (Phi) is 4.39. The van der Waals surface area contributed by atoms with Crippen LogP contribution in [0.2, 0.25) is 0 Å². The molecule has 0 unspecified atom stereocenters. The molecule has 0 spiro atoms. The Morgan fingerprint density at radius 3 is 2.81 bits per heavy atom. The number of nitrogens with two attached hydrogens (primary N) is 1. The van der Waals surface area contributed by atoms with E-state index < -0.39 is 0 Å². The number of nitrogens with zero attached hydrogens (tertiary/aromatic N) is 2. The highest BCUT2D eigenvalue weighted by molar-refractivity contribution is 5.95. The van der Waals surface area contributed by atoms with Gasteiger partial charge in [0.15, 0.2) is 0 Å². The van der Waals surface area contributed by atoms with E-state index in [-0.39, 0.29) is 5.91 Å². The molecule has 5 heteroatoms. The predicted octanol–water partition coefficient (Wildman–Crippen LogP) is 2.91. The van der Waals surface area contributed by atoms with Gasteiger partial charge in [-0.05, 0) is 47.8 Å². The number of ether oxygens (including phenoxy) is 1. The van der Waals surface area contributed by atoms with Gasteiger partial charge in [-0.15, -0.1) is 0 Å². The quantitative estimate of drug-likeness (QED) is 0.927. The molecule has 2 aromatic heterocycles. The monoisotopic (exact) mass is 349 g/mol. The minimum absolute atomic E-state index is 0.386. The van der Waals surface area contributed by atoms with E-state index in [4.69, 9.17) is 10.5 Å². The average molecular weight is 349 g/mol. The molecule has 134 valence electrons. The van der Waals surface area contributed by atoms with Crippen molar-refractivity contribution in [1.82, 2.24) is 9.30 Å². The first kappa shape index (κ1) is 16.7. The number of hydrogen-bond donors (Lipinski definition) is 1. The summed E-state index contributed by atoms with van der Waals surface area (Å²) in [6, 6.07) is 3.98. The summed E-state index contributed by atoms with van der Waals surface area (Å²) in [5.74, 6) is -0.386. The van der Waals surface area contributed by atoms with Crippen molar-refractivity contribution >= 4 is 17.0 Å². The largest absolute Gasteiger partial charge is 0.378 e. The van der Waals surface area contributed by atoms with Crippen molar-refractivity contribution in [2.45, 2.75) is 13.3 Å². The van der Waals surface area contributed by atoms with Crippen molar-refractivity contribution in [3.63, 3.8) is 0 Å². The molecule has 3 heterocycles. The van der Waals surface area contributed by atoms with Gasteiger partial charge in [0, 0.05) is 42.8 Å². The van der Waals surface area contributed by atoms with Crippen LogP contribution in [0.25, 0.3) is 11.1 Å². The summed E-state index contributed by atoms with van der Waals surface area (Å²) in [7, 11) is 0. The minimum atomic E-state index is -0.386. The lowest BCUT2D eigenvalue weighted by Gasteiger charge is -2.26. The summed E-state index contributed by atoms with van der Waals surface area (Å²) in [4.78, 5) is 13.9. The summed E-state index contributed by atoms with van der Waals surface area (Å²) < 4.78 is 7.47. The second kappa shape index (κ2) is 6.84. The van der Waals surface area contributed by atoms with Crippen molar-refractivity contribution < 1.29 is 9.53 Å². The number of carbonyl (C=O) groups excluding carboxylic acids is 1. The van der Waals surface area contributed by atoms with Crippen LogP contribution in [-0.2, 0) is 4.74 Å². The molecule has 4 rings (SSSR count). The number of hydrogen-bond acceptors (Lipinski definition) is 3. The van der Waals surface area contributed by atoms with Gasteiger partial charge < -0.3 is 19.8 Å². The fourth-order valence-corrected chi connectivity index (χ4v) is 3.56. The first-order chi connectivity index (χ1) is 12.6. The SMILES string of the molecule is Cc1cn2cc(C3=CC=CC(=CN4CCOCC4)C3)cc2cc1C(N)=O. The highest BCUT2D eigenvalue weighted by Gasteiger charge is 2.14. The second-order valence-corrected chi connectivity index (χ2v) is 6.88. The third-order valence-corrected chi connectivity index (χ3v) is 4.96. The van der Waals surface area contributed by atoms with Gasteiger partial charge in [0.05, 0.1) is 13.2 Å². The summed E-state index contributed by atoms with van der Waals surface area (Å²) in [5, 5.41) is 0.